The zero-order chi connectivity index (χ0) is 12.8. The number of nitrogens with zero attached hydrogens (tertiary/aromatic N) is 2. The van der Waals surface area contributed by atoms with Crippen LogP contribution in [-0.2, 0) is 4.79 Å². The Morgan fingerprint density at radius 1 is 1.39 bits per heavy atom. The normalized spacial score (nSPS) is 10.7. The van der Waals surface area contributed by atoms with Crippen LogP contribution < -0.4 is 5.32 Å². The highest BCUT2D eigenvalue weighted by Gasteiger charge is 2.09. The van der Waals surface area contributed by atoms with E-state index in [0.29, 0.717) is 11.3 Å². The molecule has 0 saturated carbocycles. The lowest BCUT2D eigenvalue weighted by Gasteiger charge is -2.02. The van der Waals surface area contributed by atoms with Gasteiger partial charge in [0.25, 0.3) is 5.91 Å². The van der Waals surface area contributed by atoms with Gasteiger partial charge in [0.15, 0.2) is 0 Å². The minimum atomic E-state index is -0.440. The minimum absolute atomic E-state index is 0.0280. The fourth-order valence-electron chi connectivity index (χ4n) is 1.37. The Morgan fingerprint density at radius 3 is 2.78 bits per heavy atom. The number of amides is 1. The maximum Gasteiger partial charge on any atom is 0.266 e. The number of benzene rings is 1. The molecule has 0 aliphatic rings. The summed E-state index contributed by atoms with van der Waals surface area (Å²) in [4.78, 5) is 11.8. The highest BCUT2D eigenvalue weighted by molar-refractivity contribution is 6.09. The van der Waals surface area contributed by atoms with Crippen LogP contribution in [0.15, 0.2) is 48.3 Å². The first-order chi connectivity index (χ1) is 8.79. The molecule has 0 radical (unpaired) electrons. The summed E-state index contributed by atoms with van der Waals surface area (Å²) in [6, 6.07) is 10.8. The molecule has 1 heterocycles. The second-order valence-electron chi connectivity index (χ2n) is 3.52. The second-order valence-corrected chi connectivity index (χ2v) is 3.52. The quantitative estimate of drug-likeness (QED) is 0.633. The third-order valence-corrected chi connectivity index (χ3v) is 2.23. The number of para-hydroxylation sites is 1. The van der Waals surface area contributed by atoms with Crippen LogP contribution in [0.4, 0.5) is 5.69 Å². The Balaban J connectivity index is 2.15. The fourth-order valence-corrected chi connectivity index (χ4v) is 1.37. The van der Waals surface area contributed by atoms with Crippen molar-refractivity contribution in [3.8, 4) is 6.07 Å². The Morgan fingerprint density at radius 2 is 2.17 bits per heavy atom. The number of nitrogens with one attached hydrogen (secondary N) is 2. The van der Waals surface area contributed by atoms with E-state index in [-0.39, 0.29) is 5.57 Å². The van der Waals surface area contributed by atoms with Gasteiger partial charge in [-0.05, 0) is 18.2 Å². The Kier molecular flexibility index (Phi) is 3.52. The first kappa shape index (κ1) is 11.6. The van der Waals surface area contributed by atoms with Gasteiger partial charge >= 0.3 is 0 Å². The predicted octanol–water partition coefficient (Wildman–Crippen LogP) is 1.96. The second kappa shape index (κ2) is 5.46. The predicted molar refractivity (Wildman–Crippen MR) is 67.2 cm³/mol. The molecule has 1 aromatic carbocycles. The molecule has 2 aromatic rings. The lowest BCUT2D eigenvalue weighted by atomic mass is 10.2. The van der Waals surface area contributed by atoms with Crippen molar-refractivity contribution in [2.24, 2.45) is 0 Å². The summed E-state index contributed by atoms with van der Waals surface area (Å²) >= 11 is 0. The molecule has 18 heavy (non-hydrogen) atoms. The fraction of sp³-hybridized carbons (Fsp3) is 0. The van der Waals surface area contributed by atoms with Crippen molar-refractivity contribution in [3.63, 3.8) is 0 Å². The molecule has 0 fully saturated rings. The summed E-state index contributed by atoms with van der Waals surface area (Å²) in [6.07, 6.45) is 4.61. The number of carbonyl (C=O) groups is 1. The van der Waals surface area contributed by atoms with Gasteiger partial charge in [-0.1, -0.05) is 18.2 Å². The van der Waals surface area contributed by atoms with E-state index in [1.807, 2.05) is 12.1 Å². The number of aromatic nitrogens is 2. The number of carbonyl (C=O) groups excluding carboxylic acids is 1. The van der Waals surface area contributed by atoms with Crippen LogP contribution in [0.1, 0.15) is 5.56 Å². The summed E-state index contributed by atoms with van der Waals surface area (Å²) in [5, 5.41) is 18.0. The third kappa shape index (κ3) is 2.83. The van der Waals surface area contributed by atoms with Gasteiger partial charge in [-0.2, -0.15) is 10.4 Å². The third-order valence-electron chi connectivity index (χ3n) is 2.23. The molecule has 0 aliphatic heterocycles. The number of hydrogen-bond acceptors (Lipinski definition) is 3. The van der Waals surface area contributed by atoms with Crippen molar-refractivity contribution >= 4 is 17.7 Å². The smallest absolute Gasteiger partial charge is 0.266 e. The average molecular weight is 238 g/mol. The maximum absolute atomic E-state index is 11.8. The van der Waals surface area contributed by atoms with Crippen LogP contribution in [0, 0.1) is 11.3 Å². The van der Waals surface area contributed by atoms with Crippen molar-refractivity contribution in [2.45, 2.75) is 0 Å². The maximum atomic E-state index is 11.8. The lowest BCUT2D eigenvalue weighted by molar-refractivity contribution is -0.112. The molecular formula is C13H10N4O. The van der Waals surface area contributed by atoms with E-state index in [4.69, 9.17) is 5.26 Å². The Labute approximate surface area is 104 Å². The largest absolute Gasteiger partial charge is 0.321 e. The van der Waals surface area contributed by atoms with Gasteiger partial charge in [0.2, 0.25) is 0 Å². The highest BCUT2D eigenvalue weighted by Crippen LogP contribution is 2.09. The van der Waals surface area contributed by atoms with E-state index in [9.17, 15) is 4.79 Å². The van der Waals surface area contributed by atoms with Crippen LogP contribution in [0.5, 0.6) is 0 Å². The molecular weight excluding hydrogens is 228 g/mol. The average Bonchev–Trinajstić information content (AvgIpc) is 2.90. The van der Waals surface area contributed by atoms with Crippen molar-refractivity contribution in [2.75, 3.05) is 5.32 Å². The van der Waals surface area contributed by atoms with Gasteiger partial charge in [0.05, 0.1) is 6.20 Å². The number of hydrogen-bond donors (Lipinski definition) is 2. The van der Waals surface area contributed by atoms with Crippen molar-refractivity contribution in [3.05, 3.63) is 53.9 Å². The van der Waals surface area contributed by atoms with Crippen molar-refractivity contribution in [1.29, 1.82) is 5.26 Å². The first-order valence-electron chi connectivity index (χ1n) is 5.26. The van der Waals surface area contributed by atoms with E-state index in [2.05, 4.69) is 15.5 Å². The summed E-state index contributed by atoms with van der Waals surface area (Å²) in [5.74, 6) is -0.440. The molecule has 2 N–H and O–H groups in total. The Bertz CT molecular complexity index is 594. The number of anilines is 1. The number of H-pyrrole nitrogens is 1. The standard InChI is InChI=1S/C13H10N4O/c14-7-11(6-10-8-15-16-9-10)13(18)17-12-4-2-1-3-5-12/h1-6,8-9H,(H,15,16)(H,17,18)/b11-6-. The topological polar surface area (TPSA) is 81.6 Å². The molecule has 0 saturated heterocycles. The molecule has 0 bridgehead atoms. The molecule has 2 rings (SSSR count). The van der Waals surface area contributed by atoms with Gasteiger partial charge in [-0.3, -0.25) is 9.89 Å². The summed E-state index contributed by atoms with van der Waals surface area (Å²) in [6.45, 7) is 0. The molecule has 88 valence electrons. The van der Waals surface area contributed by atoms with E-state index in [0.717, 1.165) is 0 Å². The molecule has 0 unspecified atom stereocenters. The van der Waals surface area contributed by atoms with E-state index < -0.39 is 5.91 Å². The zero-order valence-electron chi connectivity index (χ0n) is 9.42. The number of rotatable bonds is 3. The van der Waals surface area contributed by atoms with Crippen LogP contribution in [0.2, 0.25) is 0 Å². The van der Waals surface area contributed by atoms with Crippen molar-refractivity contribution < 1.29 is 4.79 Å². The van der Waals surface area contributed by atoms with Crippen LogP contribution >= 0.6 is 0 Å². The Hall–Kier alpha value is -2.87. The van der Waals surface area contributed by atoms with Crippen molar-refractivity contribution in [1.82, 2.24) is 10.2 Å². The van der Waals surface area contributed by atoms with E-state index >= 15 is 0 Å². The molecule has 0 aliphatic carbocycles. The van der Waals surface area contributed by atoms with E-state index in [1.165, 1.54) is 12.3 Å². The first-order valence-corrected chi connectivity index (χ1v) is 5.26. The van der Waals surface area contributed by atoms with Gasteiger partial charge in [-0.15, -0.1) is 0 Å². The molecule has 0 spiro atoms. The number of aromatic amines is 1. The molecule has 1 amide bonds. The van der Waals surface area contributed by atoms with Gasteiger partial charge < -0.3 is 5.32 Å². The number of nitriles is 1. The summed E-state index contributed by atoms with van der Waals surface area (Å²) in [7, 11) is 0. The summed E-state index contributed by atoms with van der Waals surface area (Å²) < 4.78 is 0. The van der Waals surface area contributed by atoms with Crippen LogP contribution in [0.3, 0.4) is 0 Å². The minimum Gasteiger partial charge on any atom is -0.321 e. The summed E-state index contributed by atoms with van der Waals surface area (Å²) in [5.41, 5.74) is 1.35. The SMILES string of the molecule is N#C/C(=C/c1cn[nH]c1)C(=O)Nc1ccccc1. The highest BCUT2D eigenvalue weighted by atomic mass is 16.1. The monoisotopic (exact) mass is 238 g/mol. The zero-order valence-corrected chi connectivity index (χ0v) is 9.42. The molecule has 0 atom stereocenters. The molecule has 5 nitrogen and oxygen atoms in total. The van der Waals surface area contributed by atoms with Crippen LogP contribution in [-0.4, -0.2) is 16.1 Å². The van der Waals surface area contributed by atoms with E-state index in [1.54, 1.807) is 30.5 Å². The lowest BCUT2D eigenvalue weighted by Crippen LogP contribution is -2.13. The van der Waals surface area contributed by atoms with Gasteiger partial charge in [0, 0.05) is 17.4 Å². The van der Waals surface area contributed by atoms with Gasteiger partial charge in [0.1, 0.15) is 11.6 Å². The van der Waals surface area contributed by atoms with Crippen LogP contribution in [0.25, 0.3) is 6.08 Å². The molecule has 1 aromatic heterocycles. The molecule has 5 heteroatoms. The van der Waals surface area contributed by atoms with Gasteiger partial charge in [-0.25, -0.2) is 0 Å².